The molecule has 94 valence electrons. The molecule has 0 saturated carbocycles. The Morgan fingerprint density at radius 1 is 1.44 bits per heavy atom. The number of carbonyl (C=O) groups is 2. The van der Waals surface area contributed by atoms with E-state index in [0.29, 0.717) is 16.3 Å². The van der Waals surface area contributed by atoms with E-state index in [-0.39, 0.29) is 11.5 Å². The fourth-order valence-corrected chi connectivity index (χ4v) is 2.98. The van der Waals surface area contributed by atoms with Gasteiger partial charge < -0.3 is 10.0 Å². The first-order chi connectivity index (χ1) is 8.52. The molecule has 0 spiro atoms. The van der Waals surface area contributed by atoms with Gasteiger partial charge in [-0.1, -0.05) is 0 Å². The lowest BCUT2D eigenvalue weighted by molar-refractivity contribution is 0.0697. The molecule has 0 bridgehead atoms. The van der Waals surface area contributed by atoms with E-state index in [2.05, 4.69) is 4.37 Å². The van der Waals surface area contributed by atoms with Crippen molar-refractivity contribution in [2.45, 2.75) is 6.92 Å². The summed E-state index contributed by atoms with van der Waals surface area (Å²) in [5, 5.41) is 13.0. The smallest absolute Gasteiger partial charge is 0.340 e. The number of aromatic nitrogens is 1. The Hall–Kier alpha value is -1.73. The van der Waals surface area contributed by atoms with Crippen molar-refractivity contribution < 1.29 is 14.7 Å². The van der Waals surface area contributed by atoms with Gasteiger partial charge in [0.05, 0.1) is 11.3 Å². The topological polar surface area (TPSA) is 70.5 Å². The van der Waals surface area contributed by atoms with E-state index in [4.69, 9.17) is 5.11 Å². The van der Waals surface area contributed by atoms with Gasteiger partial charge in [0, 0.05) is 12.4 Å². The number of carboxylic acid groups (broad SMARTS) is 1. The number of carbonyl (C=O) groups excluding carboxylic acids is 1. The van der Waals surface area contributed by atoms with Crippen molar-refractivity contribution >= 4 is 39.7 Å². The second-order valence-electron chi connectivity index (χ2n) is 3.63. The highest BCUT2D eigenvalue weighted by molar-refractivity contribution is 7.11. The van der Waals surface area contributed by atoms with E-state index >= 15 is 0 Å². The molecular formula is C11H10N2O3S2. The number of hydrogen-bond acceptors (Lipinski definition) is 5. The lowest BCUT2D eigenvalue weighted by Crippen LogP contribution is -2.26. The zero-order chi connectivity index (χ0) is 13.3. The molecule has 18 heavy (non-hydrogen) atoms. The molecule has 0 aromatic carbocycles. The number of hydrogen-bond donors (Lipinski definition) is 1. The molecule has 0 fully saturated rings. The van der Waals surface area contributed by atoms with Crippen LogP contribution >= 0.6 is 22.9 Å². The molecule has 2 aromatic heterocycles. The maximum Gasteiger partial charge on any atom is 0.340 e. The Bertz CT molecular complexity index is 589. The van der Waals surface area contributed by atoms with Crippen LogP contribution in [0.25, 0.3) is 0 Å². The molecule has 0 aliphatic carbocycles. The summed E-state index contributed by atoms with van der Waals surface area (Å²) in [6.45, 7) is 1.62. The molecule has 2 rings (SSSR count). The molecule has 2 aromatic rings. The van der Waals surface area contributed by atoms with E-state index in [1.54, 1.807) is 30.8 Å². The number of carboxylic acids is 1. The highest BCUT2D eigenvalue weighted by Gasteiger charge is 2.24. The van der Waals surface area contributed by atoms with Gasteiger partial charge in [0.15, 0.2) is 0 Å². The van der Waals surface area contributed by atoms with Gasteiger partial charge in [-0.05, 0) is 29.9 Å². The Balaban J connectivity index is 2.38. The largest absolute Gasteiger partial charge is 0.478 e. The van der Waals surface area contributed by atoms with Crippen molar-refractivity contribution in [3.05, 3.63) is 33.6 Å². The van der Waals surface area contributed by atoms with Crippen molar-refractivity contribution in [3.63, 3.8) is 0 Å². The van der Waals surface area contributed by atoms with Gasteiger partial charge in [0.2, 0.25) is 0 Å². The fraction of sp³-hybridized carbons (Fsp3) is 0.182. The van der Waals surface area contributed by atoms with Crippen LogP contribution in [0.2, 0.25) is 0 Å². The number of aromatic carboxylic acids is 1. The predicted molar refractivity (Wildman–Crippen MR) is 70.9 cm³/mol. The number of nitrogens with zero attached hydrogens (tertiary/aromatic N) is 2. The molecule has 0 aliphatic rings. The summed E-state index contributed by atoms with van der Waals surface area (Å²) in [5.41, 5.74) is 1.06. The molecule has 1 N–H and O–H groups in total. The van der Waals surface area contributed by atoms with Crippen molar-refractivity contribution in [3.8, 4) is 0 Å². The molecule has 2 heterocycles. The Morgan fingerprint density at radius 2 is 2.17 bits per heavy atom. The summed E-state index contributed by atoms with van der Waals surface area (Å²) in [6.07, 6.45) is 0. The number of rotatable bonds is 3. The van der Waals surface area contributed by atoms with Crippen LogP contribution in [0.5, 0.6) is 0 Å². The fourth-order valence-electron chi connectivity index (χ4n) is 1.50. The summed E-state index contributed by atoms with van der Waals surface area (Å²) in [7, 11) is 1.55. The minimum Gasteiger partial charge on any atom is -0.478 e. The highest BCUT2D eigenvalue weighted by atomic mass is 32.1. The van der Waals surface area contributed by atoms with Crippen molar-refractivity contribution in [1.29, 1.82) is 0 Å². The molecule has 1 amide bonds. The molecule has 0 unspecified atom stereocenters. The first-order valence-corrected chi connectivity index (χ1v) is 6.73. The van der Waals surface area contributed by atoms with Crippen LogP contribution in [0.15, 0.2) is 16.8 Å². The summed E-state index contributed by atoms with van der Waals surface area (Å²) in [6, 6.07) is 1.71. The van der Waals surface area contributed by atoms with Gasteiger partial charge in [-0.2, -0.15) is 15.7 Å². The summed E-state index contributed by atoms with van der Waals surface area (Å²) in [4.78, 5) is 24.6. The quantitative estimate of drug-likeness (QED) is 0.939. The molecular weight excluding hydrogens is 272 g/mol. The maximum atomic E-state index is 12.1. The van der Waals surface area contributed by atoms with E-state index in [1.807, 2.05) is 0 Å². The van der Waals surface area contributed by atoms with E-state index in [0.717, 1.165) is 11.5 Å². The Labute approximate surface area is 111 Å². The van der Waals surface area contributed by atoms with Crippen LogP contribution in [0.1, 0.15) is 26.4 Å². The second kappa shape index (κ2) is 4.87. The summed E-state index contributed by atoms with van der Waals surface area (Å²) < 4.78 is 3.99. The average Bonchev–Trinajstić information content (AvgIpc) is 2.95. The third-order valence-electron chi connectivity index (χ3n) is 2.44. The van der Waals surface area contributed by atoms with Crippen LogP contribution in [-0.4, -0.2) is 28.4 Å². The van der Waals surface area contributed by atoms with Crippen LogP contribution in [-0.2, 0) is 0 Å². The monoisotopic (exact) mass is 282 g/mol. The third kappa shape index (κ3) is 2.14. The molecule has 0 atom stereocenters. The highest BCUT2D eigenvalue weighted by Crippen LogP contribution is 2.29. The lowest BCUT2D eigenvalue weighted by atomic mass is 10.2. The first-order valence-electron chi connectivity index (χ1n) is 5.02. The van der Waals surface area contributed by atoms with Gasteiger partial charge in [0.25, 0.3) is 5.91 Å². The van der Waals surface area contributed by atoms with Crippen LogP contribution < -0.4 is 4.90 Å². The van der Waals surface area contributed by atoms with Gasteiger partial charge in [-0.15, -0.1) is 0 Å². The molecule has 0 radical (unpaired) electrons. The minimum atomic E-state index is -1.07. The zero-order valence-corrected chi connectivity index (χ0v) is 11.3. The maximum absolute atomic E-state index is 12.1. The van der Waals surface area contributed by atoms with Crippen molar-refractivity contribution in [1.82, 2.24) is 4.37 Å². The van der Waals surface area contributed by atoms with E-state index in [1.165, 1.54) is 16.2 Å². The first kappa shape index (κ1) is 12.7. The van der Waals surface area contributed by atoms with Crippen molar-refractivity contribution in [2.24, 2.45) is 0 Å². The van der Waals surface area contributed by atoms with E-state index < -0.39 is 5.97 Å². The Kier molecular flexibility index (Phi) is 3.44. The summed E-state index contributed by atoms with van der Waals surface area (Å²) in [5.74, 6) is -1.30. The SMILES string of the molecule is Cc1nsc(N(C)C(=O)c2ccsc2)c1C(=O)O. The van der Waals surface area contributed by atoms with Crippen molar-refractivity contribution in [2.75, 3.05) is 11.9 Å². The number of aryl methyl sites for hydroxylation is 1. The van der Waals surface area contributed by atoms with E-state index in [9.17, 15) is 9.59 Å². The molecule has 0 aliphatic heterocycles. The van der Waals surface area contributed by atoms with Crippen LogP contribution in [0.4, 0.5) is 5.00 Å². The summed E-state index contributed by atoms with van der Waals surface area (Å²) >= 11 is 2.44. The predicted octanol–water partition coefficient (Wildman–Crippen LogP) is 2.49. The molecule has 5 nitrogen and oxygen atoms in total. The van der Waals surface area contributed by atoms with Crippen LogP contribution in [0.3, 0.4) is 0 Å². The number of thiophene rings is 1. The number of anilines is 1. The molecule has 0 saturated heterocycles. The standard InChI is InChI=1S/C11H10N2O3S2/c1-6-8(11(15)16)10(18-12-6)13(2)9(14)7-3-4-17-5-7/h3-5H,1-2H3,(H,15,16). The average molecular weight is 282 g/mol. The third-order valence-corrected chi connectivity index (χ3v) is 4.14. The second-order valence-corrected chi connectivity index (χ2v) is 5.16. The Morgan fingerprint density at radius 3 is 2.72 bits per heavy atom. The van der Waals surface area contributed by atoms with Crippen LogP contribution in [0, 0.1) is 6.92 Å². The number of amides is 1. The van der Waals surface area contributed by atoms with Gasteiger partial charge in [0.1, 0.15) is 10.6 Å². The molecule has 7 heteroatoms. The van der Waals surface area contributed by atoms with Gasteiger partial charge >= 0.3 is 5.97 Å². The zero-order valence-electron chi connectivity index (χ0n) is 9.71. The lowest BCUT2D eigenvalue weighted by Gasteiger charge is -2.14. The normalized spacial score (nSPS) is 10.3. The van der Waals surface area contributed by atoms with Gasteiger partial charge in [-0.3, -0.25) is 4.79 Å². The van der Waals surface area contributed by atoms with Gasteiger partial charge in [-0.25, -0.2) is 4.79 Å². The minimum absolute atomic E-state index is 0.0890.